The third kappa shape index (κ3) is 4.77. The van der Waals surface area contributed by atoms with Crippen molar-refractivity contribution in [2.24, 2.45) is 0 Å². The standard InChI is InChI=1S/C21H19F3N2O3/c1-13-18(20(27)25-11-10-14-6-8-17(28-2)9-7-14)19(29-26-13)15-4-3-5-16(12-15)21(22,23)24/h3-9,12H,10-11H2,1-2H3,(H,25,27). The maximum atomic E-state index is 13.0. The highest BCUT2D eigenvalue weighted by Gasteiger charge is 2.31. The van der Waals surface area contributed by atoms with Gasteiger partial charge in [-0.05, 0) is 43.2 Å². The second-order valence-electron chi connectivity index (χ2n) is 6.40. The zero-order valence-corrected chi connectivity index (χ0v) is 15.8. The number of hydrogen-bond acceptors (Lipinski definition) is 4. The Morgan fingerprint density at radius 1 is 1.17 bits per heavy atom. The highest BCUT2D eigenvalue weighted by atomic mass is 19.4. The average molecular weight is 404 g/mol. The van der Waals surface area contributed by atoms with Crippen LogP contribution < -0.4 is 10.1 Å². The Labute approximate surface area is 165 Å². The Morgan fingerprint density at radius 2 is 1.90 bits per heavy atom. The molecule has 0 fully saturated rings. The van der Waals surface area contributed by atoms with Crippen molar-refractivity contribution in [2.75, 3.05) is 13.7 Å². The van der Waals surface area contributed by atoms with Gasteiger partial charge in [-0.25, -0.2) is 0 Å². The van der Waals surface area contributed by atoms with E-state index in [4.69, 9.17) is 9.26 Å². The van der Waals surface area contributed by atoms with E-state index in [9.17, 15) is 18.0 Å². The first-order valence-corrected chi connectivity index (χ1v) is 8.84. The van der Waals surface area contributed by atoms with Gasteiger partial charge in [0.2, 0.25) is 0 Å². The molecule has 0 saturated carbocycles. The van der Waals surface area contributed by atoms with Crippen LogP contribution in [0.4, 0.5) is 13.2 Å². The first-order valence-electron chi connectivity index (χ1n) is 8.84. The number of benzene rings is 2. The first-order chi connectivity index (χ1) is 13.8. The molecule has 0 aliphatic carbocycles. The summed E-state index contributed by atoms with van der Waals surface area (Å²) in [6, 6.07) is 12.0. The van der Waals surface area contributed by atoms with Crippen LogP contribution in [0, 0.1) is 6.92 Å². The van der Waals surface area contributed by atoms with Gasteiger partial charge in [-0.1, -0.05) is 29.4 Å². The summed E-state index contributed by atoms with van der Waals surface area (Å²) in [5, 5.41) is 6.53. The number of methoxy groups -OCH3 is 1. The lowest BCUT2D eigenvalue weighted by Gasteiger charge is -2.09. The van der Waals surface area contributed by atoms with Crippen LogP contribution in [0.2, 0.25) is 0 Å². The van der Waals surface area contributed by atoms with Gasteiger partial charge in [-0.3, -0.25) is 4.79 Å². The largest absolute Gasteiger partial charge is 0.497 e. The molecule has 0 aliphatic heterocycles. The van der Waals surface area contributed by atoms with Gasteiger partial charge in [-0.15, -0.1) is 0 Å². The first kappa shape index (κ1) is 20.4. The van der Waals surface area contributed by atoms with Gasteiger partial charge in [0, 0.05) is 12.1 Å². The molecular formula is C21H19F3N2O3. The topological polar surface area (TPSA) is 64.4 Å². The smallest absolute Gasteiger partial charge is 0.416 e. The Bertz CT molecular complexity index is 995. The van der Waals surface area contributed by atoms with Gasteiger partial charge < -0.3 is 14.6 Å². The lowest BCUT2D eigenvalue weighted by molar-refractivity contribution is -0.137. The number of hydrogen-bond donors (Lipinski definition) is 1. The predicted octanol–water partition coefficient (Wildman–Crippen LogP) is 4.65. The average Bonchev–Trinajstić information content (AvgIpc) is 3.09. The fourth-order valence-electron chi connectivity index (χ4n) is 2.87. The van der Waals surface area contributed by atoms with Crippen LogP contribution in [0.1, 0.15) is 27.2 Å². The second-order valence-corrected chi connectivity index (χ2v) is 6.40. The zero-order valence-electron chi connectivity index (χ0n) is 15.8. The summed E-state index contributed by atoms with van der Waals surface area (Å²) in [6.45, 7) is 1.91. The van der Waals surface area contributed by atoms with Crippen LogP contribution in [0.3, 0.4) is 0 Å². The Morgan fingerprint density at radius 3 is 2.55 bits per heavy atom. The number of rotatable bonds is 6. The molecule has 0 radical (unpaired) electrons. The van der Waals surface area contributed by atoms with Crippen molar-refractivity contribution < 1.29 is 27.2 Å². The van der Waals surface area contributed by atoms with E-state index in [0.717, 1.165) is 23.4 Å². The van der Waals surface area contributed by atoms with Crippen molar-refractivity contribution in [3.63, 3.8) is 0 Å². The molecule has 29 heavy (non-hydrogen) atoms. The van der Waals surface area contributed by atoms with Crippen LogP contribution in [0.5, 0.6) is 5.75 Å². The van der Waals surface area contributed by atoms with Crippen LogP contribution in [-0.4, -0.2) is 24.7 Å². The number of carbonyl (C=O) groups excluding carboxylic acids is 1. The lowest BCUT2D eigenvalue weighted by Crippen LogP contribution is -2.26. The third-order valence-corrected chi connectivity index (χ3v) is 4.40. The summed E-state index contributed by atoms with van der Waals surface area (Å²) in [5.41, 5.74) is 0.750. The summed E-state index contributed by atoms with van der Waals surface area (Å²) in [6.07, 6.45) is -3.91. The number of alkyl halides is 3. The van der Waals surface area contributed by atoms with Gasteiger partial charge in [-0.2, -0.15) is 13.2 Å². The van der Waals surface area contributed by atoms with E-state index in [2.05, 4.69) is 10.5 Å². The number of carbonyl (C=O) groups is 1. The van der Waals surface area contributed by atoms with Crippen molar-refractivity contribution in [2.45, 2.75) is 19.5 Å². The number of halogens is 3. The van der Waals surface area contributed by atoms with Crippen LogP contribution in [-0.2, 0) is 12.6 Å². The molecule has 0 aliphatic rings. The quantitative estimate of drug-likeness (QED) is 0.650. The summed E-state index contributed by atoms with van der Waals surface area (Å²) >= 11 is 0. The predicted molar refractivity (Wildman–Crippen MR) is 101 cm³/mol. The minimum absolute atomic E-state index is 0.00977. The SMILES string of the molecule is COc1ccc(CCNC(=O)c2c(C)noc2-c2cccc(C(F)(F)F)c2)cc1. The molecule has 1 N–H and O–H groups in total. The molecule has 3 aromatic rings. The van der Waals surface area contributed by atoms with E-state index < -0.39 is 17.6 Å². The molecule has 1 amide bonds. The molecular weight excluding hydrogens is 385 g/mol. The number of aryl methyl sites for hydroxylation is 1. The van der Waals surface area contributed by atoms with Crippen LogP contribution >= 0.6 is 0 Å². The molecule has 1 heterocycles. The molecule has 152 valence electrons. The van der Waals surface area contributed by atoms with Crippen molar-refractivity contribution in [3.05, 3.63) is 70.9 Å². The molecule has 3 rings (SSSR count). The third-order valence-electron chi connectivity index (χ3n) is 4.40. The molecule has 0 bridgehead atoms. The highest BCUT2D eigenvalue weighted by molar-refractivity contribution is 6.00. The van der Waals surface area contributed by atoms with E-state index in [1.165, 1.54) is 12.1 Å². The van der Waals surface area contributed by atoms with Crippen LogP contribution in [0.15, 0.2) is 53.1 Å². The summed E-state index contributed by atoms with van der Waals surface area (Å²) in [5.74, 6) is 0.295. The van der Waals surface area contributed by atoms with E-state index in [1.54, 1.807) is 14.0 Å². The molecule has 1 aromatic heterocycles. The lowest BCUT2D eigenvalue weighted by atomic mass is 10.0. The van der Waals surface area contributed by atoms with Gasteiger partial charge >= 0.3 is 6.18 Å². The van der Waals surface area contributed by atoms with Gasteiger partial charge in [0.05, 0.1) is 18.4 Å². The monoisotopic (exact) mass is 404 g/mol. The van der Waals surface area contributed by atoms with E-state index in [1.807, 2.05) is 24.3 Å². The molecule has 0 spiro atoms. The maximum absolute atomic E-state index is 13.0. The van der Waals surface area contributed by atoms with Crippen LogP contribution in [0.25, 0.3) is 11.3 Å². The van der Waals surface area contributed by atoms with Crippen molar-refractivity contribution >= 4 is 5.91 Å². The Balaban J connectivity index is 1.74. The Kier molecular flexibility index (Phi) is 5.91. The molecule has 2 aromatic carbocycles. The van der Waals surface area contributed by atoms with E-state index >= 15 is 0 Å². The summed E-state index contributed by atoms with van der Waals surface area (Å²) in [4.78, 5) is 12.6. The van der Waals surface area contributed by atoms with Crippen molar-refractivity contribution in [3.8, 4) is 17.1 Å². The van der Waals surface area contributed by atoms with E-state index in [-0.39, 0.29) is 16.9 Å². The number of aromatic nitrogens is 1. The normalized spacial score (nSPS) is 11.3. The maximum Gasteiger partial charge on any atom is 0.416 e. The van der Waals surface area contributed by atoms with Gasteiger partial charge in [0.1, 0.15) is 11.3 Å². The Hall–Kier alpha value is -3.29. The van der Waals surface area contributed by atoms with Crippen molar-refractivity contribution in [1.82, 2.24) is 10.5 Å². The van der Waals surface area contributed by atoms with E-state index in [0.29, 0.717) is 18.7 Å². The second kappa shape index (κ2) is 8.38. The van der Waals surface area contributed by atoms with Gasteiger partial charge in [0.25, 0.3) is 5.91 Å². The molecule has 5 nitrogen and oxygen atoms in total. The number of ether oxygens (including phenoxy) is 1. The molecule has 0 unspecified atom stereocenters. The highest BCUT2D eigenvalue weighted by Crippen LogP contribution is 2.33. The fourth-order valence-corrected chi connectivity index (χ4v) is 2.87. The van der Waals surface area contributed by atoms with Gasteiger partial charge in [0.15, 0.2) is 5.76 Å². The fraction of sp³-hybridized carbons (Fsp3) is 0.238. The summed E-state index contributed by atoms with van der Waals surface area (Å²) < 4.78 is 49.2. The molecule has 8 heteroatoms. The molecule has 0 saturated heterocycles. The summed E-state index contributed by atoms with van der Waals surface area (Å²) in [7, 11) is 1.58. The molecule has 0 atom stereocenters. The zero-order chi connectivity index (χ0) is 21.0. The number of nitrogens with zero attached hydrogens (tertiary/aromatic N) is 1. The number of nitrogens with one attached hydrogen (secondary N) is 1. The number of amides is 1. The minimum Gasteiger partial charge on any atom is -0.497 e. The minimum atomic E-state index is -4.49. The van der Waals surface area contributed by atoms with Crippen molar-refractivity contribution in [1.29, 1.82) is 0 Å².